The third kappa shape index (κ3) is 10.3. The predicted molar refractivity (Wildman–Crippen MR) is 99.1 cm³/mol. The van der Waals surface area contributed by atoms with Gasteiger partial charge in [-0.25, -0.2) is 0 Å². The van der Waals surface area contributed by atoms with Gasteiger partial charge in [-0.15, -0.1) is 0 Å². The van der Waals surface area contributed by atoms with Crippen molar-refractivity contribution in [3.63, 3.8) is 0 Å². The first kappa shape index (κ1) is 34.2. The summed E-state index contributed by atoms with van der Waals surface area (Å²) < 4.78 is 64.9. The second-order valence-electron chi connectivity index (χ2n) is 6.89. The van der Waals surface area contributed by atoms with Gasteiger partial charge in [0, 0.05) is 0 Å². The molecule has 0 saturated carbocycles. The molecule has 2 aromatic carbocycles. The summed E-state index contributed by atoms with van der Waals surface area (Å²) in [6, 6.07) is 4.48. The van der Waals surface area contributed by atoms with E-state index in [1.165, 1.54) is 44.5 Å². The van der Waals surface area contributed by atoms with Gasteiger partial charge in [-0.1, -0.05) is 55.4 Å². The van der Waals surface area contributed by atoms with E-state index in [-0.39, 0.29) is 24.8 Å². The Bertz CT molecular complexity index is 700. The Labute approximate surface area is 202 Å². The Kier molecular flexibility index (Phi) is 15.1. The second kappa shape index (κ2) is 13.2. The van der Waals surface area contributed by atoms with E-state index in [4.69, 9.17) is 0 Å². The zero-order valence-electron chi connectivity index (χ0n) is 18.2. The van der Waals surface area contributed by atoms with Crippen molar-refractivity contribution in [2.75, 3.05) is 0 Å². The van der Waals surface area contributed by atoms with Crippen LogP contribution in [0.15, 0.2) is 12.1 Å². The van der Waals surface area contributed by atoms with Crippen molar-refractivity contribution in [2.45, 2.75) is 67.7 Å². The van der Waals surface area contributed by atoms with E-state index in [0.29, 0.717) is 0 Å². The summed E-state index contributed by atoms with van der Waals surface area (Å²) in [6.45, 7) is 17.4. The van der Waals surface area contributed by atoms with E-state index in [9.17, 15) is 26.3 Å². The molecular formula is C21H26Cl2F6Zr-2. The fourth-order valence-corrected chi connectivity index (χ4v) is 2.43. The standard InChI is InChI=1S/2C9H13.C3F6.2ClH.Zr/c2*1-6-5-7(2)9(4)8(6)3;4-2(5,6)1-3(7,8)9;;;/h2*5H,1-4H3;;2*1H;/q2*-1;;;;+2/p-2. The monoisotopic (exact) mass is 552 g/mol. The molecular weight excluding hydrogens is 528 g/mol. The molecule has 0 aromatic heterocycles. The van der Waals surface area contributed by atoms with E-state index in [1.807, 2.05) is 0 Å². The van der Waals surface area contributed by atoms with Crippen molar-refractivity contribution < 1.29 is 75.4 Å². The number of halogens is 8. The molecule has 172 valence electrons. The van der Waals surface area contributed by atoms with Crippen LogP contribution in [-0.2, 0) is 24.2 Å². The van der Waals surface area contributed by atoms with Crippen molar-refractivity contribution in [3.05, 3.63) is 56.6 Å². The van der Waals surface area contributed by atoms with Crippen molar-refractivity contribution in [3.8, 4) is 0 Å². The number of rotatable bonds is 0. The molecule has 0 amide bonds. The maximum Gasteiger partial charge on any atom is -1.00 e. The Morgan fingerprint density at radius 2 is 0.700 bits per heavy atom. The minimum atomic E-state index is -5.23. The summed E-state index contributed by atoms with van der Waals surface area (Å²) in [7, 11) is 0. The Morgan fingerprint density at radius 1 is 0.533 bits per heavy atom. The molecule has 0 nitrogen and oxygen atoms in total. The molecule has 0 aliphatic rings. The molecule has 9 heteroatoms. The van der Waals surface area contributed by atoms with Crippen molar-refractivity contribution >= 4 is 3.21 Å². The zero-order valence-corrected chi connectivity index (χ0v) is 22.1. The third-order valence-corrected chi connectivity index (χ3v) is 6.32. The van der Waals surface area contributed by atoms with E-state index < -0.39 is 39.8 Å². The van der Waals surface area contributed by atoms with Gasteiger partial charge in [-0.3, -0.25) is 0 Å². The van der Waals surface area contributed by atoms with E-state index in [1.54, 1.807) is 0 Å². The molecule has 0 N–H and O–H groups in total. The van der Waals surface area contributed by atoms with E-state index >= 15 is 0 Å². The summed E-state index contributed by atoms with van der Waals surface area (Å²) >= 11 is -0.665. The molecule has 2 aromatic rings. The van der Waals surface area contributed by atoms with Crippen LogP contribution < -0.4 is 24.8 Å². The number of hydrogen-bond donors (Lipinski definition) is 0. The topological polar surface area (TPSA) is 0 Å². The average molecular weight is 555 g/mol. The van der Waals surface area contributed by atoms with Gasteiger partial charge in [-0.2, -0.15) is 56.6 Å². The van der Waals surface area contributed by atoms with Crippen LogP contribution in [0.5, 0.6) is 0 Å². The van der Waals surface area contributed by atoms with E-state index in [2.05, 4.69) is 67.5 Å². The van der Waals surface area contributed by atoms with Crippen LogP contribution in [0.2, 0.25) is 0 Å². The van der Waals surface area contributed by atoms with Crippen molar-refractivity contribution in [1.29, 1.82) is 0 Å². The number of hydrogen-bond acceptors (Lipinski definition) is 0. The molecule has 0 aliphatic carbocycles. The number of alkyl halides is 6. The predicted octanol–water partition coefficient (Wildman–Crippen LogP) is 1.12. The maximum absolute atomic E-state index is 11.2. The van der Waals surface area contributed by atoms with Gasteiger partial charge < -0.3 is 24.8 Å². The molecule has 0 heterocycles. The zero-order chi connectivity index (χ0) is 22.6. The van der Waals surface area contributed by atoms with Crippen molar-refractivity contribution in [2.24, 2.45) is 0 Å². The van der Waals surface area contributed by atoms with Crippen LogP contribution in [0.3, 0.4) is 0 Å². The van der Waals surface area contributed by atoms with E-state index in [0.717, 1.165) is 0 Å². The summed E-state index contributed by atoms with van der Waals surface area (Å²) in [4.78, 5) is 0. The largest absolute Gasteiger partial charge is 1.00 e. The van der Waals surface area contributed by atoms with Gasteiger partial charge in [0.15, 0.2) is 0 Å². The number of aryl methyl sites for hydroxylation is 4. The smallest absolute Gasteiger partial charge is 1.00 e. The fourth-order valence-electron chi connectivity index (χ4n) is 2.43. The minimum Gasteiger partial charge on any atom is -1.00 e. The third-order valence-electron chi connectivity index (χ3n) is 4.92. The van der Waals surface area contributed by atoms with Gasteiger partial charge in [0.2, 0.25) is 0 Å². The molecule has 0 atom stereocenters. The average Bonchev–Trinajstić information content (AvgIpc) is 2.90. The van der Waals surface area contributed by atoms with Gasteiger partial charge in [0.1, 0.15) is 0 Å². The van der Waals surface area contributed by atoms with Crippen LogP contribution in [-0.4, -0.2) is 15.6 Å². The summed E-state index contributed by atoms with van der Waals surface area (Å²) in [5, 5.41) is 0. The van der Waals surface area contributed by atoms with Crippen LogP contribution in [0.25, 0.3) is 0 Å². The van der Waals surface area contributed by atoms with Gasteiger partial charge >= 0.3 is 66.1 Å². The molecule has 2 rings (SSSR count). The molecule has 0 bridgehead atoms. The first-order valence-corrected chi connectivity index (χ1v) is 9.77. The fraction of sp³-hybridized carbons (Fsp3) is 0.476. The molecule has 0 unspecified atom stereocenters. The van der Waals surface area contributed by atoms with Gasteiger partial charge in [0.25, 0.3) is 0 Å². The second-order valence-corrected chi connectivity index (χ2v) is 8.12. The first-order chi connectivity index (χ1) is 12.4. The van der Waals surface area contributed by atoms with Crippen molar-refractivity contribution in [1.82, 2.24) is 0 Å². The Hall–Kier alpha value is -0.387. The summed E-state index contributed by atoms with van der Waals surface area (Å²) in [6.07, 6.45) is -10.5. The first-order valence-electron chi connectivity index (χ1n) is 8.54. The van der Waals surface area contributed by atoms with Gasteiger partial charge in [-0.05, 0) is 0 Å². The van der Waals surface area contributed by atoms with Crippen LogP contribution in [0, 0.1) is 55.4 Å². The molecule has 0 fully saturated rings. The molecule has 0 aliphatic heterocycles. The molecule has 0 radical (unpaired) electrons. The minimum absolute atomic E-state index is 0. The Morgan fingerprint density at radius 3 is 0.733 bits per heavy atom. The molecule has 30 heavy (non-hydrogen) atoms. The molecule has 0 spiro atoms. The Balaban J connectivity index is -0.000000353. The summed E-state index contributed by atoms with van der Waals surface area (Å²) in [5.41, 5.74) is 11.5. The maximum atomic E-state index is 11.2. The quantitative estimate of drug-likeness (QED) is 0.339. The van der Waals surface area contributed by atoms with Crippen LogP contribution in [0.4, 0.5) is 26.3 Å². The van der Waals surface area contributed by atoms with Gasteiger partial charge in [0.05, 0.1) is 0 Å². The van der Waals surface area contributed by atoms with Crippen LogP contribution in [0.1, 0.15) is 44.5 Å². The normalized spacial score (nSPS) is 10.7. The SMILES string of the molecule is Cc1[cH-]c(C)c(C)c1C.Cc1[cH-]c(C)c(C)c1C.FC(F)(F)[C](=[Zr+2])C(F)(F)F.[Cl-].[Cl-]. The summed E-state index contributed by atoms with van der Waals surface area (Å²) in [5.74, 6) is 0. The molecule has 0 saturated heterocycles. The van der Waals surface area contributed by atoms with Crippen LogP contribution >= 0.6 is 0 Å².